The standard InChI is InChI=1S/C71H115ClN6O20S/c1-56(2)67(71(83)78-21-15-59(16-22-78)58-11-13-63(72)14-12-58)77-70(82)61-8-6-7-60(53-61)69(81)75-20-26-87-30-34-91-36-35-88-31-27-84-23-17-57(3)73-18-24-85-28-32-89-37-39-92-41-43-94-45-47-96-49-51-98-52-50-97-48-46-95-44-42-93-40-38-90-33-29-86-25-19-74-65(79)10-5-4-9-64-68-62(55-99-64)54-66(80)76-68/h6-8,11-14,53,56,59,62,64,67-68,73H,3-5,9-10,15-52,54-55H2,1-2H3,(H,74,79)(H,75,81)(H,76,80)(H,77,82)/t62-,64-,67+,68-/m0/s1. The zero-order valence-corrected chi connectivity index (χ0v) is 60.4. The summed E-state index contributed by atoms with van der Waals surface area (Å²) in [6.07, 6.45) is 6.41. The van der Waals surface area contributed by atoms with Gasteiger partial charge in [-0.15, -0.1) is 0 Å². The minimum Gasteiger partial charge on any atom is -0.386 e. The zero-order chi connectivity index (χ0) is 70.4. The Morgan fingerprint density at radius 3 is 1.40 bits per heavy atom. The maximum absolute atomic E-state index is 13.6. The number of nitrogens with zero attached hydrogens (tertiary/aromatic N) is 1. The summed E-state index contributed by atoms with van der Waals surface area (Å²) in [6, 6.07) is 14.0. The van der Waals surface area contributed by atoms with Gasteiger partial charge in [-0.3, -0.25) is 24.0 Å². The molecule has 5 rings (SSSR count). The Kier molecular flexibility index (Phi) is 48.0. The fourth-order valence-corrected chi connectivity index (χ4v) is 12.5. The minimum absolute atomic E-state index is 0.0471. The van der Waals surface area contributed by atoms with E-state index in [9.17, 15) is 24.0 Å². The third-order valence-electron chi connectivity index (χ3n) is 16.2. The van der Waals surface area contributed by atoms with E-state index in [-0.39, 0.29) is 42.7 Å². The van der Waals surface area contributed by atoms with E-state index >= 15 is 0 Å². The normalized spacial score (nSPS) is 16.5. The van der Waals surface area contributed by atoms with E-state index in [1.807, 2.05) is 54.8 Å². The predicted molar refractivity (Wildman–Crippen MR) is 377 cm³/mol. The third kappa shape index (κ3) is 40.1. The highest BCUT2D eigenvalue weighted by atomic mass is 35.5. The minimum atomic E-state index is -0.697. The lowest BCUT2D eigenvalue weighted by Gasteiger charge is -2.35. The highest BCUT2D eigenvalue weighted by molar-refractivity contribution is 8.00. The van der Waals surface area contributed by atoms with E-state index < -0.39 is 11.9 Å². The summed E-state index contributed by atoms with van der Waals surface area (Å²) in [7, 11) is 0. The number of thioether (sulfide) groups is 1. The number of hydrogen-bond donors (Lipinski definition) is 5. The number of fused-ring (bicyclic) bond motifs is 1. The summed E-state index contributed by atoms with van der Waals surface area (Å²) >= 11 is 8.03. The van der Waals surface area contributed by atoms with E-state index in [1.54, 1.807) is 18.2 Å². The number of ether oxygens (including phenoxy) is 15. The van der Waals surface area contributed by atoms with Crippen LogP contribution in [-0.2, 0) is 85.4 Å². The van der Waals surface area contributed by atoms with Crippen molar-refractivity contribution in [2.45, 2.75) is 88.5 Å². The number of rotatable bonds is 63. The van der Waals surface area contributed by atoms with Gasteiger partial charge in [-0.25, -0.2) is 0 Å². The van der Waals surface area contributed by atoms with Gasteiger partial charge in [-0.1, -0.05) is 56.6 Å². The van der Waals surface area contributed by atoms with Crippen molar-refractivity contribution in [2.75, 3.05) is 237 Å². The van der Waals surface area contributed by atoms with Crippen LogP contribution in [0.2, 0.25) is 5.02 Å². The van der Waals surface area contributed by atoms with Gasteiger partial charge in [-0.2, -0.15) is 11.8 Å². The Balaban J connectivity index is 0.652. The molecule has 3 aliphatic rings. The molecule has 0 aromatic heterocycles. The number of carbonyl (C=O) groups excluding carboxylic acids is 5. The lowest BCUT2D eigenvalue weighted by atomic mass is 9.89. The van der Waals surface area contributed by atoms with Crippen LogP contribution in [0, 0.1) is 11.8 Å². The summed E-state index contributed by atoms with van der Waals surface area (Å²) in [4.78, 5) is 65.5. The fraction of sp³-hybridized carbons (Fsp3) is 0.732. The Labute approximate surface area is 596 Å². The van der Waals surface area contributed by atoms with Crippen molar-refractivity contribution in [1.82, 2.24) is 31.5 Å². The molecule has 0 bridgehead atoms. The van der Waals surface area contributed by atoms with E-state index in [4.69, 9.17) is 82.7 Å². The summed E-state index contributed by atoms with van der Waals surface area (Å²) in [5.74, 6) is 1.15. The number of benzene rings is 2. The van der Waals surface area contributed by atoms with Crippen LogP contribution in [0.3, 0.4) is 0 Å². The van der Waals surface area contributed by atoms with Crippen molar-refractivity contribution < 1.29 is 95.0 Å². The SMILES string of the molecule is C=C(CCOCCOCCOCCOCCNC(=O)c1cccc(C(=O)N[C@@H](C(=O)N2CCC(c3ccc(Cl)cc3)CC2)C(C)C)c1)NCCOCCOCCOCCOCCOCCOCCOCCOCCOCCOCCOCCNC(=O)CCCC[C@@H]1SC[C@@H]2CC(=O)N[C@@H]21. The van der Waals surface area contributed by atoms with Gasteiger partial charge in [0.1, 0.15) is 6.04 Å². The van der Waals surface area contributed by atoms with E-state index in [0.29, 0.717) is 276 Å². The van der Waals surface area contributed by atoms with E-state index in [1.165, 1.54) is 11.6 Å². The molecular formula is C71H115ClN6O20S. The second-order valence-electron chi connectivity index (χ2n) is 24.2. The highest BCUT2D eigenvalue weighted by Crippen LogP contribution is 2.39. The van der Waals surface area contributed by atoms with Crippen LogP contribution < -0.4 is 26.6 Å². The van der Waals surface area contributed by atoms with Crippen molar-refractivity contribution in [2.24, 2.45) is 11.8 Å². The van der Waals surface area contributed by atoms with Crippen LogP contribution in [0.1, 0.15) is 97.4 Å². The second kappa shape index (κ2) is 55.9. The number of hydrogen-bond acceptors (Lipinski definition) is 22. The Morgan fingerprint density at radius 1 is 0.535 bits per heavy atom. The first-order valence-electron chi connectivity index (χ1n) is 35.5. The topological polar surface area (TPSA) is 287 Å². The molecule has 0 radical (unpaired) electrons. The molecule has 4 atom stereocenters. The van der Waals surface area contributed by atoms with Gasteiger partial charge < -0.3 is 103 Å². The largest absolute Gasteiger partial charge is 0.386 e. The van der Waals surface area contributed by atoms with Crippen molar-refractivity contribution in [1.29, 1.82) is 0 Å². The molecule has 0 spiro atoms. The summed E-state index contributed by atoms with van der Waals surface area (Å²) in [6.45, 7) is 24.1. The van der Waals surface area contributed by atoms with Crippen molar-refractivity contribution in [3.8, 4) is 0 Å². The van der Waals surface area contributed by atoms with Gasteiger partial charge in [0.05, 0.1) is 198 Å². The number of carbonyl (C=O) groups is 5. The molecule has 2 aromatic carbocycles. The molecule has 3 aliphatic heterocycles. The first-order chi connectivity index (χ1) is 48.5. The number of halogens is 1. The van der Waals surface area contributed by atoms with Gasteiger partial charge in [0.2, 0.25) is 17.7 Å². The molecule has 0 unspecified atom stereocenters. The van der Waals surface area contributed by atoms with Crippen LogP contribution in [0.4, 0.5) is 0 Å². The summed E-state index contributed by atoms with van der Waals surface area (Å²) < 4.78 is 83.5. The fourth-order valence-electron chi connectivity index (χ4n) is 10.8. The van der Waals surface area contributed by atoms with Crippen LogP contribution >= 0.6 is 23.4 Å². The van der Waals surface area contributed by atoms with Crippen LogP contribution in [0.25, 0.3) is 0 Å². The maximum atomic E-state index is 13.6. The predicted octanol–water partition coefficient (Wildman–Crippen LogP) is 5.27. The molecule has 0 aliphatic carbocycles. The van der Waals surface area contributed by atoms with Gasteiger partial charge >= 0.3 is 0 Å². The number of likely N-dealkylation sites (tertiary alicyclic amines) is 1. The molecule has 562 valence electrons. The maximum Gasteiger partial charge on any atom is 0.251 e. The molecule has 26 nitrogen and oxygen atoms in total. The molecular weight excluding hydrogens is 1320 g/mol. The van der Waals surface area contributed by atoms with Crippen LogP contribution in [0.15, 0.2) is 60.8 Å². The first-order valence-corrected chi connectivity index (χ1v) is 36.9. The lowest BCUT2D eigenvalue weighted by molar-refractivity contribution is -0.135. The molecule has 3 saturated heterocycles. The second-order valence-corrected chi connectivity index (χ2v) is 25.9. The molecule has 3 fully saturated rings. The molecule has 3 heterocycles. The Bertz CT molecular complexity index is 2470. The van der Waals surface area contributed by atoms with Gasteiger partial charge in [0, 0.05) is 85.1 Å². The third-order valence-corrected chi connectivity index (χ3v) is 18.0. The lowest BCUT2D eigenvalue weighted by Crippen LogP contribution is -2.52. The summed E-state index contributed by atoms with van der Waals surface area (Å²) in [5.41, 5.74) is 2.72. The Hall–Kier alpha value is -4.63. The van der Waals surface area contributed by atoms with Crippen LogP contribution in [0.5, 0.6) is 0 Å². The average Bonchev–Trinajstić information content (AvgIpc) is 1.75. The number of piperidine rings is 1. The number of nitrogens with one attached hydrogen (secondary N) is 5. The molecule has 0 saturated carbocycles. The molecule has 5 N–H and O–H groups in total. The first kappa shape index (κ1) is 85.0. The zero-order valence-electron chi connectivity index (χ0n) is 58.8. The highest BCUT2D eigenvalue weighted by Gasteiger charge is 2.42. The van der Waals surface area contributed by atoms with Crippen molar-refractivity contribution >= 4 is 52.9 Å². The van der Waals surface area contributed by atoms with E-state index in [2.05, 4.69) is 33.2 Å². The average molecular weight is 1440 g/mol. The number of amides is 5. The molecule has 99 heavy (non-hydrogen) atoms. The molecule has 28 heteroatoms. The number of unbranched alkanes of at least 4 members (excludes halogenated alkanes) is 1. The molecule has 5 amide bonds. The monoisotopic (exact) mass is 1440 g/mol. The quantitative estimate of drug-likeness (QED) is 0.0527. The van der Waals surface area contributed by atoms with Gasteiger partial charge in [0.25, 0.3) is 11.8 Å². The molecule has 2 aromatic rings. The summed E-state index contributed by atoms with van der Waals surface area (Å²) in [5, 5.41) is 16.2. The van der Waals surface area contributed by atoms with Gasteiger partial charge in [0.15, 0.2) is 0 Å². The van der Waals surface area contributed by atoms with E-state index in [0.717, 1.165) is 43.6 Å². The van der Waals surface area contributed by atoms with Gasteiger partial charge in [-0.05, 0) is 85.1 Å². The van der Waals surface area contributed by atoms with Crippen LogP contribution in [-0.4, -0.2) is 288 Å². The van der Waals surface area contributed by atoms with Crippen molar-refractivity contribution in [3.05, 3.63) is 82.5 Å². The van der Waals surface area contributed by atoms with Crippen molar-refractivity contribution in [3.63, 3.8) is 0 Å². The Morgan fingerprint density at radius 2 is 0.949 bits per heavy atom. The smallest absolute Gasteiger partial charge is 0.251 e.